The molecule has 0 bridgehead atoms. The molecule has 0 radical (unpaired) electrons. The molecule has 1 aliphatic rings. The van der Waals surface area contributed by atoms with Gasteiger partial charge in [0.05, 0.1) is 30.7 Å². The fourth-order valence-electron chi connectivity index (χ4n) is 2.74. The zero-order valence-corrected chi connectivity index (χ0v) is 16.6. The molecule has 138 valence electrons. The minimum absolute atomic E-state index is 0.296. The summed E-state index contributed by atoms with van der Waals surface area (Å²) in [5.41, 5.74) is 1.99. The molecule has 0 N–H and O–H groups in total. The van der Waals surface area contributed by atoms with Crippen LogP contribution in [0.5, 0.6) is 5.88 Å². The normalized spacial score (nSPS) is 16.0. The minimum Gasteiger partial charge on any atom is -0.476 e. The van der Waals surface area contributed by atoms with E-state index in [1.165, 1.54) is 0 Å². The molecule has 0 amide bonds. The lowest BCUT2D eigenvalue weighted by Crippen LogP contribution is -2.22. The van der Waals surface area contributed by atoms with Gasteiger partial charge in [0.15, 0.2) is 6.29 Å². The summed E-state index contributed by atoms with van der Waals surface area (Å²) in [6.45, 7) is 12.0. The zero-order valence-electron chi connectivity index (χ0n) is 15.6. The molecule has 1 aromatic carbocycles. The predicted molar refractivity (Wildman–Crippen MR) is 99.7 cm³/mol. The molecule has 0 aliphatic carbocycles. The van der Waals surface area contributed by atoms with Crippen molar-refractivity contribution in [2.75, 3.05) is 26.4 Å². The van der Waals surface area contributed by atoms with Crippen molar-refractivity contribution in [2.45, 2.75) is 45.6 Å². The number of nitrogens with zero attached hydrogens (tertiary/aromatic N) is 2. The van der Waals surface area contributed by atoms with Gasteiger partial charge in [-0.25, -0.2) is 4.68 Å². The van der Waals surface area contributed by atoms with E-state index in [-0.39, 0.29) is 6.29 Å². The SMILES string of the molecule is CCOc1nn(COCC[Si](C)(C)C)c2ccc(C3OCCO3)cc12. The van der Waals surface area contributed by atoms with Crippen LogP contribution in [-0.2, 0) is 20.9 Å². The molecule has 6 nitrogen and oxygen atoms in total. The van der Waals surface area contributed by atoms with Gasteiger partial charge in [-0.15, -0.1) is 5.10 Å². The lowest BCUT2D eigenvalue weighted by atomic mass is 10.1. The Morgan fingerprint density at radius 3 is 2.68 bits per heavy atom. The second-order valence-corrected chi connectivity index (χ2v) is 13.1. The van der Waals surface area contributed by atoms with Crippen molar-refractivity contribution in [3.63, 3.8) is 0 Å². The molecule has 0 saturated carbocycles. The van der Waals surface area contributed by atoms with E-state index < -0.39 is 8.07 Å². The van der Waals surface area contributed by atoms with E-state index in [0.717, 1.165) is 29.1 Å². The van der Waals surface area contributed by atoms with E-state index in [9.17, 15) is 0 Å². The lowest BCUT2D eigenvalue weighted by molar-refractivity contribution is -0.0440. The van der Waals surface area contributed by atoms with E-state index in [0.29, 0.717) is 32.4 Å². The fraction of sp³-hybridized carbons (Fsp3) is 0.611. The predicted octanol–water partition coefficient (Wildman–Crippen LogP) is 3.79. The maximum Gasteiger partial charge on any atom is 0.240 e. The second-order valence-electron chi connectivity index (χ2n) is 7.44. The Balaban J connectivity index is 1.78. The summed E-state index contributed by atoms with van der Waals surface area (Å²) in [4.78, 5) is 0. The van der Waals surface area contributed by atoms with Crippen LogP contribution in [0, 0.1) is 0 Å². The van der Waals surface area contributed by atoms with Crippen LogP contribution < -0.4 is 4.74 Å². The van der Waals surface area contributed by atoms with Crippen molar-refractivity contribution in [1.82, 2.24) is 9.78 Å². The Bertz CT molecular complexity index is 705. The quantitative estimate of drug-likeness (QED) is 0.527. The highest BCUT2D eigenvalue weighted by Crippen LogP contribution is 2.31. The fourth-order valence-corrected chi connectivity index (χ4v) is 3.49. The van der Waals surface area contributed by atoms with E-state index in [1.54, 1.807) is 0 Å². The molecule has 1 fully saturated rings. The summed E-state index contributed by atoms with van der Waals surface area (Å²) < 4.78 is 24.6. The van der Waals surface area contributed by atoms with E-state index in [1.807, 2.05) is 29.8 Å². The molecule has 3 rings (SSSR count). The van der Waals surface area contributed by atoms with E-state index in [2.05, 4.69) is 24.7 Å². The van der Waals surface area contributed by atoms with Crippen LogP contribution in [0.15, 0.2) is 18.2 Å². The van der Waals surface area contributed by atoms with E-state index >= 15 is 0 Å². The van der Waals surface area contributed by atoms with Crippen LogP contribution in [0.2, 0.25) is 25.7 Å². The number of aromatic nitrogens is 2. The molecule has 25 heavy (non-hydrogen) atoms. The van der Waals surface area contributed by atoms with Gasteiger partial charge in [0.1, 0.15) is 6.73 Å². The van der Waals surface area contributed by atoms with Gasteiger partial charge in [0, 0.05) is 20.2 Å². The van der Waals surface area contributed by atoms with Gasteiger partial charge in [0.25, 0.3) is 0 Å². The Morgan fingerprint density at radius 2 is 2.00 bits per heavy atom. The van der Waals surface area contributed by atoms with Crippen LogP contribution >= 0.6 is 0 Å². The van der Waals surface area contributed by atoms with Crippen molar-refractivity contribution < 1.29 is 18.9 Å². The summed E-state index contributed by atoms with van der Waals surface area (Å²) in [6, 6.07) is 7.24. The first kappa shape index (κ1) is 18.4. The standard InChI is InChI=1S/C18H28N2O4Si/c1-5-22-17-15-12-14(18-23-8-9-24-18)6-7-16(15)20(19-17)13-21-10-11-25(2,3)4/h6-7,12,18H,5,8-11,13H2,1-4H3. The average molecular weight is 365 g/mol. The number of hydrogen-bond donors (Lipinski definition) is 0. The van der Waals surface area contributed by atoms with Crippen LogP contribution in [-0.4, -0.2) is 44.3 Å². The third-order valence-electron chi connectivity index (χ3n) is 4.13. The molecule has 0 unspecified atom stereocenters. The van der Waals surface area contributed by atoms with Gasteiger partial charge in [-0.2, -0.15) is 0 Å². The summed E-state index contributed by atoms with van der Waals surface area (Å²) in [5.74, 6) is 0.631. The Labute approximate surface area is 150 Å². The van der Waals surface area contributed by atoms with Crippen LogP contribution in [0.25, 0.3) is 10.9 Å². The molecule has 2 heterocycles. The number of ether oxygens (including phenoxy) is 4. The third kappa shape index (κ3) is 4.61. The van der Waals surface area contributed by atoms with Crippen molar-refractivity contribution in [3.8, 4) is 5.88 Å². The number of hydrogen-bond acceptors (Lipinski definition) is 5. The van der Waals surface area contributed by atoms with Crippen LogP contribution in [0.3, 0.4) is 0 Å². The summed E-state index contributed by atoms with van der Waals surface area (Å²) >= 11 is 0. The van der Waals surface area contributed by atoms with Gasteiger partial charge in [0.2, 0.25) is 5.88 Å². The molecule has 7 heteroatoms. The number of rotatable bonds is 8. The monoisotopic (exact) mass is 364 g/mol. The third-order valence-corrected chi connectivity index (χ3v) is 5.83. The molecule has 2 aromatic rings. The maximum atomic E-state index is 5.86. The van der Waals surface area contributed by atoms with Crippen molar-refractivity contribution in [1.29, 1.82) is 0 Å². The van der Waals surface area contributed by atoms with Crippen LogP contribution in [0.4, 0.5) is 0 Å². The summed E-state index contributed by atoms with van der Waals surface area (Å²) in [5, 5.41) is 5.54. The summed E-state index contributed by atoms with van der Waals surface area (Å²) in [6.07, 6.45) is -0.296. The Kier molecular flexibility index (Phi) is 5.78. The first-order valence-corrected chi connectivity index (χ1v) is 12.6. The smallest absolute Gasteiger partial charge is 0.240 e. The first-order chi connectivity index (χ1) is 12.0. The van der Waals surface area contributed by atoms with Crippen LogP contribution in [0.1, 0.15) is 18.8 Å². The van der Waals surface area contributed by atoms with E-state index in [4.69, 9.17) is 18.9 Å². The summed E-state index contributed by atoms with van der Waals surface area (Å²) in [7, 11) is -1.09. The van der Waals surface area contributed by atoms with Crippen molar-refractivity contribution >= 4 is 19.0 Å². The van der Waals surface area contributed by atoms with Crippen molar-refractivity contribution in [3.05, 3.63) is 23.8 Å². The average Bonchev–Trinajstić information content (AvgIpc) is 3.20. The van der Waals surface area contributed by atoms with Gasteiger partial charge in [-0.1, -0.05) is 25.7 Å². The van der Waals surface area contributed by atoms with Gasteiger partial charge in [-0.3, -0.25) is 0 Å². The molecular formula is C18H28N2O4Si. The Hall–Kier alpha value is -1.41. The highest BCUT2D eigenvalue weighted by molar-refractivity contribution is 6.76. The van der Waals surface area contributed by atoms with Gasteiger partial charge in [-0.05, 0) is 25.1 Å². The largest absolute Gasteiger partial charge is 0.476 e. The first-order valence-electron chi connectivity index (χ1n) is 8.92. The highest BCUT2D eigenvalue weighted by Gasteiger charge is 2.21. The second kappa shape index (κ2) is 7.86. The maximum absolute atomic E-state index is 5.86. The molecule has 1 aliphatic heterocycles. The topological polar surface area (TPSA) is 54.7 Å². The molecule has 1 saturated heterocycles. The van der Waals surface area contributed by atoms with Gasteiger partial charge < -0.3 is 18.9 Å². The molecule has 0 spiro atoms. The molecule has 0 atom stereocenters. The van der Waals surface area contributed by atoms with Gasteiger partial charge >= 0.3 is 0 Å². The minimum atomic E-state index is -1.09. The Morgan fingerprint density at radius 1 is 1.24 bits per heavy atom. The lowest BCUT2D eigenvalue weighted by Gasteiger charge is -2.15. The molecular weight excluding hydrogens is 336 g/mol. The zero-order chi connectivity index (χ0) is 17.9. The molecule has 1 aromatic heterocycles. The number of fused-ring (bicyclic) bond motifs is 1. The highest BCUT2D eigenvalue weighted by atomic mass is 28.3. The number of benzene rings is 1. The van der Waals surface area contributed by atoms with Crippen molar-refractivity contribution in [2.24, 2.45) is 0 Å².